The van der Waals surface area contributed by atoms with Gasteiger partial charge in [-0.2, -0.15) is 0 Å². The minimum absolute atomic E-state index is 0.0154. The van der Waals surface area contributed by atoms with Gasteiger partial charge >= 0.3 is 0 Å². The zero-order valence-electron chi connectivity index (χ0n) is 18.9. The predicted octanol–water partition coefficient (Wildman–Crippen LogP) is 0.815. The van der Waals surface area contributed by atoms with Crippen LogP contribution in [0.2, 0.25) is 0 Å². The summed E-state index contributed by atoms with van der Waals surface area (Å²) in [5, 5.41) is 5.30. The van der Waals surface area contributed by atoms with Gasteiger partial charge in [-0.25, -0.2) is 12.7 Å². The van der Waals surface area contributed by atoms with Crippen LogP contribution in [0.3, 0.4) is 0 Å². The summed E-state index contributed by atoms with van der Waals surface area (Å²) in [7, 11) is -0.808. The number of rotatable bonds is 9. The van der Waals surface area contributed by atoms with E-state index in [1.807, 2.05) is 24.3 Å². The van der Waals surface area contributed by atoms with Crippen LogP contribution in [0.1, 0.15) is 21.5 Å². The van der Waals surface area contributed by atoms with Crippen molar-refractivity contribution >= 4 is 21.8 Å². The zero-order chi connectivity index (χ0) is 23.8. The fraction of sp³-hybridized carbons (Fsp3) is 0.391. The molecule has 1 fully saturated rings. The number of carbonyl (C=O) groups is 2. The summed E-state index contributed by atoms with van der Waals surface area (Å²) in [6.07, 6.45) is 0. The lowest BCUT2D eigenvalue weighted by Gasteiger charge is -2.26. The third kappa shape index (κ3) is 7.10. The van der Waals surface area contributed by atoms with Crippen molar-refractivity contribution in [3.63, 3.8) is 0 Å². The first-order chi connectivity index (χ1) is 15.8. The standard InChI is InChI=1S/C23H30N4O5S/c1-26(2)33(30,31)21-5-3-4-20(14-21)23(29)25-16-22(28)24-15-18-6-8-19(9-7-18)17-27-10-12-32-13-11-27/h3-9,14H,10-13,15-17H2,1-2H3,(H,24,28)(H,25,29). The Hall–Kier alpha value is -2.79. The second-order valence-electron chi connectivity index (χ2n) is 7.98. The SMILES string of the molecule is CN(C)S(=O)(=O)c1cccc(C(=O)NCC(=O)NCc2ccc(CN3CCOCC3)cc2)c1. The highest BCUT2D eigenvalue weighted by molar-refractivity contribution is 7.89. The van der Waals surface area contributed by atoms with Gasteiger partial charge in [0.25, 0.3) is 5.91 Å². The summed E-state index contributed by atoms with van der Waals surface area (Å²) in [5.74, 6) is -0.855. The van der Waals surface area contributed by atoms with Crippen molar-refractivity contribution < 1.29 is 22.7 Å². The van der Waals surface area contributed by atoms with Crippen LogP contribution in [0, 0.1) is 0 Å². The number of morpholine rings is 1. The van der Waals surface area contributed by atoms with E-state index >= 15 is 0 Å². The normalized spacial score (nSPS) is 14.8. The molecule has 9 nitrogen and oxygen atoms in total. The monoisotopic (exact) mass is 474 g/mol. The van der Waals surface area contributed by atoms with Gasteiger partial charge in [0.2, 0.25) is 15.9 Å². The lowest BCUT2D eigenvalue weighted by Crippen LogP contribution is -2.36. The fourth-order valence-corrected chi connectivity index (χ4v) is 4.26. The largest absolute Gasteiger partial charge is 0.379 e. The van der Waals surface area contributed by atoms with Gasteiger partial charge in [-0.3, -0.25) is 14.5 Å². The van der Waals surface area contributed by atoms with Crippen LogP contribution < -0.4 is 10.6 Å². The smallest absolute Gasteiger partial charge is 0.251 e. The number of benzene rings is 2. The molecular formula is C23H30N4O5S. The molecule has 0 radical (unpaired) electrons. The lowest BCUT2D eigenvalue weighted by molar-refractivity contribution is -0.120. The first-order valence-corrected chi connectivity index (χ1v) is 12.1. The molecule has 0 unspecified atom stereocenters. The van der Waals surface area contributed by atoms with Crippen LogP contribution >= 0.6 is 0 Å². The molecule has 0 aromatic heterocycles. The van der Waals surface area contributed by atoms with Crippen molar-refractivity contribution in [2.45, 2.75) is 18.0 Å². The Morgan fingerprint density at radius 1 is 1.00 bits per heavy atom. The van der Waals surface area contributed by atoms with Gasteiger partial charge in [0.1, 0.15) is 0 Å². The quantitative estimate of drug-likeness (QED) is 0.557. The number of ether oxygens (including phenoxy) is 1. The van der Waals surface area contributed by atoms with E-state index in [2.05, 4.69) is 15.5 Å². The molecule has 0 bridgehead atoms. The molecule has 0 saturated carbocycles. The molecule has 0 spiro atoms. The van der Waals surface area contributed by atoms with Crippen molar-refractivity contribution in [1.82, 2.24) is 19.8 Å². The van der Waals surface area contributed by atoms with Crippen molar-refractivity contribution in [1.29, 1.82) is 0 Å². The Bertz CT molecular complexity index is 1060. The third-order valence-electron chi connectivity index (χ3n) is 5.31. The maximum Gasteiger partial charge on any atom is 0.251 e. The average Bonchev–Trinajstić information content (AvgIpc) is 2.82. The van der Waals surface area contributed by atoms with E-state index < -0.39 is 15.9 Å². The molecule has 1 saturated heterocycles. The molecule has 10 heteroatoms. The van der Waals surface area contributed by atoms with Crippen LogP contribution in [0.5, 0.6) is 0 Å². The van der Waals surface area contributed by atoms with Gasteiger partial charge in [-0.15, -0.1) is 0 Å². The number of nitrogens with zero attached hydrogens (tertiary/aromatic N) is 2. The first-order valence-electron chi connectivity index (χ1n) is 10.7. The maximum atomic E-state index is 12.4. The molecular weight excluding hydrogens is 444 g/mol. The van der Waals surface area contributed by atoms with Crippen LogP contribution in [0.25, 0.3) is 0 Å². The van der Waals surface area contributed by atoms with E-state index in [9.17, 15) is 18.0 Å². The summed E-state index contributed by atoms with van der Waals surface area (Å²) < 4.78 is 30.9. The Morgan fingerprint density at radius 2 is 1.67 bits per heavy atom. The van der Waals surface area contributed by atoms with Gasteiger partial charge in [0.05, 0.1) is 24.7 Å². The number of hydrogen-bond donors (Lipinski definition) is 2. The summed E-state index contributed by atoms with van der Waals surface area (Å²) in [5.41, 5.74) is 2.33. The molecule has 0 atom stereocenters. The molecule has 1 heterocycles. The van der Waals surface area contributed by atoms with Crippen molar-refractivity contribution in [3.8, 4) is 0 Å². The zero-order valence-corrected chi connectivity index (χ0v) is 19.7. The Morgan fingerprint density at radius 3 is 2.33 bits per heavy atom. The molecule has 33 heavy (non-hydrogen) atoms. The van der Waals surface area contributed by atoms with Crippen molar-refractivity contribution in [2.24, 2.45) is 0 Å². The topological polar surface area (TPSA) is 108 Å². The second-order valence-corrected chi connectivity index (χ2v) is 10.1. The lowest BCUT2D eigenvalue weighted by atomic mass is 10.1. The van der Waals surface area contributed by atoms with Crippen LogP contribution in [-0.4, -0.2) is 76.4 Å². The third-order valence-corrected chi connectivity index (χ3v) is 7.12. The van der Waals surface area contributed by atoms with E-state index in [0.717, 1.165) is 42.7 Å². The van der Waals surface area contributed by atoms with E-state index in [4.69, 9.17) is 4.74 Å². The molecule has 2 N–H and O–H groups in total. The molecule has 2 amide bonds. The molecule has 178 valence electrons. The number of amides is 2. The van der Waals surface area contributed by atoms with E-state index in [1.54, 1.807) is 0 Å². The Kier molecular flexibility index (Phi) is 8.56. The number of carbonyl (C=O) groups excluding carboxylic acids is 2. The van der Waals surface area contributed by atoms with Crippen LogP contribution in [-0.2, 0) is 32.6 Å². The number of hydrogen-bond acceptors (Lipinski definition) is 6. The second kappa shape index (κ2) is 11.4. The van der Waals surface area contributed by atoms with Crippen LogP contribution in [0.15, 0.2) is 53.4 Å². The Labute approximate surface area is 194 Å². The fourth-order valence-electron chi connectivity index (χ4n) is 3.31. The van der Waals surface area contributed by atoms with Gasteiger partial charge in [-0.05, 0) is 29.3 Å². The molecule has 1 aliphatic rings. The van der Waals surface area contributed by atoms with Gasteiger partial charge in [0, 0.05) is 45.8 Å². The summed E-state index contributed by atoms with van der Waals surface area (Å²) in [6.45, 7) is 4.40. The minimum Gasteiger partial charge on any atom is -0.379 e. The van der Waals surface area contributed by atoms with Crippen molar-refractivity contribution in [2.75, 3.05) is 46.9 Å². The van der Waals surface area contributed by atoms with Gasteiger partial charge in [0.15, 0.2) is 0 Å². The molecule has 3 rings (SSSR count). The molecule has 1 aliphatic heterocycles. The Balaban J connectivity index is 1.45. The predicted molar refractivity (Wildman–Crippen MR) is 124 cm³/mol. The molecule has 2 aromatic rings. The maximum absolute atomic E-state index is 12.4. The van der Waals surface area contributed by atoms with Crippen LogP contribution in [0.4, 0.5) is 0 Å². The highest BCUT2D eigenvalue weighted by Crippen LogP contribution is 2.15. The van der Waals surface area contributed by atoms with Gasteiger partial charge in [-0.1, -0.05) is 30.3 Å². The number of nitrogens with one attached hydrogen (secondary N) is 2. The summed E-state index contributed by atoms with van der Waals surface area (Å²) in [4.78, 5) is 26.9. The molecule has 0 aliphatic carbocycles. The first kappa shape index (κ1) is 24.8. The summed E-state index contributed by atoms with van der Waals surface area (Å²) >= 11 is 0. The van der Waals surface area contributed by atoms with E-state index in [1.165, 1.54) is 43.9 Å². The minimum atomic E-state index is -3.65. The average molecular weight is 475 g/mol. The van der Waals surface area contributed by atoms with Gasteiger partial charge < -0.3 is 15.4 Å². The summed E-state index contributed by atoms with van der Waals surface area (Å²) in [6, 6.07) is 13.8. The van der Waals surface area contributed by atoms with E-state index in [-0.39, 0.29) is 22.9 Å². The van der Waals surface area contributed by atoms with E-state index in [0.29, 0.717) is 6.54 Å². The highest BCUT2D eigenvalue weighted by atomic mass is 32.2. The molecule has 2 aromatic carbocycles. The van der Waals surface area contributed by atoms with Crippen molar-refractivity contribution in [3.05, 3.63) is 65.2 Å². The number of sulfonamides is 1. The highest BCUT2D eigenvalue weighted by Gasteiger charge is 2.19.